The summed E-state index contributed by atoms with van der Waals surface area (Å²) >= 11 is 0. The van der Waals surface area contributed by atoms with Crippen molar-refractivity contribution in [1.82, 2.24) is 9.13 Å². The van der Waals surface area contributed by atoms with Gasteiger partial charge in [0.15, 0.2) is 0 Å². The molecule has 7 nitrogen and oxygen atoms in total. The number of hydrogen-bond donors (Lipinski definition) is 0. The zero-order valence-electron chi connectivity index (χ0n) is 31.4. The maximum atomic E-state index is 10.2. The fourth-order valence-corrected chi connectivity index (χ4v) is 8.49. The van der Waals surface area contributed by atoms with Gasteiger partial charge in [0.1, 0.15) is 24.3 Å². The zero-order chi connectivity index (χ0) is 40.0. The second kappa shape index (κ2) is 14.0. The molecule has 0 spiro atoms. The molecule has 10 aromatic rings. The van der Waals surface area contributed by atoms with Gasteiger partial charge in [0.2, 0.25) is 0 Å². The van der Waals surface area contributed by atoms with E-state index < -0.39 is 0 Å². The molecular formula is C52H29N7. The highest BCUT2D eigenvalue weighted by Gasteiger charge is 2.23. The Morgan fingerprint density at radius 2 is 0.695 bits per heavy atom. The third-order valence-corrected chi connectivity index (χ3v) is 11.1. The first-order chi connectivity index (χ1) is 29.1. The van der Waals surface area contributed by atoms with Gasteiger partial charge in [-0.05, 0) is 96.1 Å². The number of aromatic nitrogens is 2. The molecule has 0 saturated carbocycles. The highest BCUT2D eigenvalue weighted by Crippen LogP contribution is 2.43. The van der Waals surface area contributed by atoms with Crippen molar-refractivity contribution in [2.45, 2.75) is 0 Å². The summed E-state index contributed by atoms with van der Waals surface area (Å²) in [7, 11) is 0. The van der Waals surface area contributed by atoms with E-state index in [1.807, 2.05) is 63.7 Å². The molecule has 0 atom stereocenters. The van der Waals surface area contributed by atoms with E-state index in [-0.39, 0.29) is 0 Å². The molecule has 0 aliphatic carbocycles. The molecule has 2 heterocycles. The SMILES string of the molecule is N#Cc1cccc(C#N)c1-n1c2ccccc2c2cc(N(c3ccc(-c4ccccc4)cc3)c3ccc4c(c3)c3ccccc3n4-c3c(C#N)cccc3C#N)ccc21. The van der Waals surface area contributed by atoms with E-state index in [9.17, 15) is 21.0 Å². The standard InChI is InChI=1S/C52H29N7/c53-30-36-12-8-13-37(31-54)51(36)58-47-18-6-4-16-43(47)45-28-41(24-26-49(45)58)57(40-22-20-35(21-23-40)34-10-2-1-3-11-34)42-25-27-50-46(29-42)44-17-5-7-19-48(44)59(50)52-38(32-55)14-9-15-39(52)33-56/h1-29H. The Kier molecular flexibility index (Phi) is 8.21. The lowest BCUT2D eigenvalue weighted by Crippen LogP contribution is -2.10. The molecule has 0 N–H and O–H groups in total. The number of hydrogen-bond acceptors (Lipinski definition) is 5. The van der Waals surface area contributed by atoms with Crippen LogP contribution in [0, 0.1) is 45.3 Å². The molecule has 2 aromatic heterocycles. The van der Waals surface area contributed by atoms with E-state index in [1.54, 1.807) is 36.4 Å². The van der Waals surface area contributed by atoms with Gasteiger partial charge < -0.3 is 14.0 Å². The van der Waals surface area contributed by atoms with Gasteiger partial charge in [-0.3, -0.25) is 0 Å². The normalized spacial score (nSPS) is 11.0. The smallest absolute Gasteiger partial charge is 0.101 e. The van der Waals surface area contributed by atoms with Gasteiger partial charge in [-0.2, -0.15) is 21.0 Å². The number of benzene rings is 8. The number of nitrogens with zero attached hydrogens (tertiary/aromatic N) is 7. The molecule has 0 radical (unpaired) electrons. The average molecular weight is 752 g/mol. The van der Waals surface area contributed by atoms with Crippen molar-refractivity contribution < 1.29 is 0 Å². The van der Waals surface area contributed by atoms with Crippen LogP contribution in [0.2, 0.25) is 0 Å². The Morgan fingerprint density at radius 3 is 1.14 bits per heavy atom. The largest absolute Gasteiger partial charge is 0.310 e. The molecule has 10 rings (SSSR count). The highest BCUT2D eigenvalue weighted by atomic mass is 15.1. The molecule has 0 unspecified atom stereocenters. The van der Waals surface area contributed by atoms with Crippen LogP contribution in [0.25, 0.3) is 66.1 Å². The van der Waals surface area contributed by atoms with Crippen LogP contribution < -0.4 is 4.90 Å². The predicted molar refractivity (Wildman–Crippen MR) is 234 cm³/mol. The lowest BCUT2D eigenvalue weighted by molar-refractivity contribution is 1.15. The van der Waals surface area contributed by atoms with Crippen LogP contribution in [-0.4, -0.2) is 9.13 Å². The second-order valence-corrected chi connectivity index (χ2v) is 14.2. The Morgan fingerprint density at radius 1 is 0.322 bits per heavy atom. The van der Waals surface area contributed by atoms with E-state index in [2.05, 4.69) is 114 Å². The Balaban J connectivity index is 1.23. The molecule has 59 heavy (non-hydrogen) atoms. The lowest BCUT2D eigenvalue weighted by atomic mass is 10.0. The monoisotopic (exact) mass is 751 g/mol. The van der Waals surface area contributed by atoms with E-state index in [0.29, 0.717) is 33.6 Å². The fraction of sp³-hybridized carbons (Fsp3) is 0. The summed E-state index contributed by atoms with van der Waals surface area (Å²) in [6.45, 7) is 0. The highest BCUT2D eigenvalue weighted by molar-refractivity contribution is 6.13. The van der Waals surface area contributed by atoms with Crippen molar-refractivity contribution in [3.8, 4) is 46.8 Å². The molecule has 0 saturated heterocycles. The van der Waals surface area contributed by atoms with Gasteiger partial charge in [-0.1, -0.05) is 91.0 Å². The summed E-state index contributed by atoms with van der Waals surface area (Å²) in [6, 6.07) is 67.4. The lowest BCUT2D eigenvalue weighted by Gasteiger charge is -2.26. The molecular weight excluding hydrogens is 723 g/mol. The number of nitriles is 4. The van der Waals surface area contributed by atoms with E-state index in [0.717, 1.165) is 71.8 Å². The van der Waals surface area contributed by atoms with Crippen LogP contribution in [0.1, 0.15) is 22.3 Å². The van der Waals surface area contributed by atoms with Gasteiger partial charge in [-0.15, -0.1) is 0 Å². The molecule has 7 heteroatoms. The molecule has 0 fully saturated rings. The summed E-state index contributed by atoms with van der Waals surface area (Å²) in [5, 5.41) is 44.7. The Hall–Kier alpha value is -8.88. The minimum Gasteiger partial charge on any atom is -0.310 e. The number of anilines is 3. The van der Waals surface area contributed by atoms with E-state index in [4.69, 9.17) is 0 Å². The van der Waals surface area contributed by atoms with Gasteiger partial charge in [0.25, 0.3) is 0 Å². The Labute approximate surface area is 339 Å². The van der Waals surface area contributed by atoms with Crippen LogP contribution in [0.15, 0.2) is 176 Å². The molecule has 272 valence electrons. The summed E-state index contributed by atoms with van der Waals surface area (Å²) in [4.78, 5) is 2.24. The molecule has 0 amide bonds. The van der Waals surface area contributed by atoms with Crippen molar-refractivity contribution in [1.29, 1.82) is 21.0 Å². The maximum absolute atomic E-state index is 10.2. The van der Waals surface area contributed by atoms with Crippen molar-refractivity contribution in [3.63, 3.8) is 0 Å². The van der Waals surface area contributed by atoms with Crippen LogP contribution >= 0.6 is 0 Å². The summed E-state index contributed by atoms with van der Waals surface area (Å²) in [5.41, 5.74) is 11.3. The number of para-hydroxylation sites is 4. The maximum Gasteiger partial charge on any atom is 0.101 e. The van der Waals surface area contributed by atoms with Gasteiger partial charge >= 0.3 is 0 Å². The first kappa shape index (κ1) is 34.6. The first-order valence-electron chi connectivity index (χ1n) is 19.0. The van der Waals surface area contributed by atoms with Crippen molar-refractivity contribution >= 4 is 60.7 Å². The second-order valence-electron chi connectivity index (χ2n) is 14.2. The van der Waals surface area contributed by atoms with Crippen molar-refractivity contribution in [2.24, 2.45) is 0 Å². The number of fused-ring (bicyclic) bond motifs is 6. The van der Waals surface area contributed by atoms with Crippen LogP contribution in [0.3, 0.4) is 0 Å². The molecule has 0 aliphatic heterocycles. The van der Waals surface area contributed by atoms with Crippen molar-refractivity contribution in [3.05, 3.63) is 198 Å². The average Bonchev–Trinajstić information content (AvgIpc) is 3.80. The summed E-state index contributed by atoms with van der Waals surface area (Å²) in [5.74, 6) is 0. The van der Waals surface area contributed by atoms with E-state index >= 15 is 0 Å². The zero-order valence-corrected chi connectivity index (χ0v) is 31.4. The predicted octanol–water partition coefficient (Wildman–Crippen LogP) is 12.5. The minimum absolute atomic E-state index is 0.419. The van der Waals surface area contributed by atoms with Gasteiger partial charge in [0, 0.05) is 38.6 Å². The van der Waals surface area contributed by atoms with Crippen LogP contribution in [0.5, 0.6) is 0 Å². The van der Waals surface area contributed by atoms with E-state index in [1.165, 1.54) is 0 Å². The summed E-state index contributed by atoms with van der Waals surface area (Å²) in [6.07, 6.45) is 0. The van der Waals surface area contributed by atoms with Gasteiger partial charge in [0.05, 0.1) is 55.7 Å². The van der Waals surface area contributed by atoms with Crippen LogP contribution in [-0.2, 0) is 0 Å². The Bertz CT molecular complexity index is 3230. The topological polar surface area (TPSA) is 108 Å². The third-order valence-electron chi connectivity index (χ3n) is 11.1. The van der Waals surface area contributed by atoms with Gasteiger partial charge in [-0.25, -0.2) is 0 Å². The molecule has 8 aromatic carbocycles. The fourth-order valence-electron chi connectivity index (χ4n) is 8.49. The molecule has 0 bridgehead atoms. The third kappa shape index (κ3) is 5.48. The molecule has 0 aliphatic rings. The first-order valence-corrected chi connectivity index (χ1v) is 19.0. The summed E-state index contributed by atoms with van der Waals surface area (Å²) < 4.78 is 4.06. The van der Waals surface area contributed by atoms with Crippen molar-refractivity contribution in [2.75, 3.05) is 4.90 Å². The van der Waals surface area contributed by atoms with Crippen LogP contribution in [0.4, 0.5) is 17.1 Å². The quantitative estimate of drug-likeness (QED) is 0.168. The minimum atomic E-state index is 0.419. The number of rotatable bonds is 6.